The molecule has 4 N–H and O–H groups in total. The number of aromatic nitrogens is 1. The molecule has 2 aliphatic heterocycles. The monoisotopic (exact) mass is 651 g/mol. The Kier molecular flexibility index (Phi) is 9.87. The molecule has 0 saturated carbocycles. The van der Waals surface area contributed by atoms with E-state index in [-0.39, 0.29) is 17.7 Å². The first kappa shape index (κ1) is 33.2. The molecule has 0 fully saturated rings. The highest BCUT2D eigenvalue weighted by atomic mass is 16.2. The number of hydrogen-bond acceptors (Lipinski definition) is 4. The zero-order chi connectivity index (χ0) is 34.5. The number of nitrogens with one attached hydrogen (secondary N) is 4. The van der Waals surface area contributed by atoms with Crippen LogP contribution in [0.25, 0.3) is 33.9 Å². The van der Waals surface area contributed by atoms with Gasteiger partial charge >= 0.3 is 0 Å². The molecule has 0 atom stereocenters. The van der Waals surface area contributed by atoms with Crippen molar-refractivity contribution in [2.45, 2.75) is 26.7 Å². The number of carbonyl (C=O) groups is 3. The third kappa shape index (κ3) is 7.55. The molecular formula is C41H41N5O3. The van der Waals surface area contributed by atoms with Crippen molar-refractivity contribution in [3.8, 4) is 22.3 Å². The Morgan fingerprint density at radius 2 is 1.43 bits per heavy atom. The van der Waals surface area contributed by atoms with Gasteiger partial charge < -0.3 is 25.8 Å². The predicted octanol–water partition coefficient (Wildman–Crippen LogP) is 7.32. The van der Waals surface area contributed by atoms with E-state index in [0.717, 1.165) is 69.1 Å². The van der Waals surface area contributed by atoms with Gasteiger partial charge in [0, 0.05) is 34.9 Å². The molecule has 8 nitrogen and oxygen atoms in total. The molecule has 4 aromatic carbocycles. The van der Waals surface area contributed by atoms with Gasteiger partial charge in [-0.3, -0.25) is 14.4 Å². The first-order chi connectivity index (χ1) is 23.7. The molecule has 0 aliphatic carbocycles. The molecule has 0 unspecified atom stereocenters. The minimum Gasteiger partial charge on any atom is -0.358 e. The lowest BCUT2D eigenvalue weighted by Crippen LogP contribution is -2.27. The molecule has 0 radical (unpaired) electrons. The fourth-order valence-corrected chi connectivity index (χ4v) is 6.27. The standard InChI is InChI=1S/C27H30N4O2.C14H11NO/c1-17-24(29-18(2)25(17)27(33)28-13-8-14-31(3)4)16-22-21-15-20(19-9-6-5-7-10-19)11-12-23(21)30-26(22)32;16-14-9-12-8-11(6-7-13(12)15-14)10-4-2-1-3-5-10/h5-7,9-12,15-16,29H,8,13-14H2,1-4H3,(H,28,33)(H,30,32);1-8H,9H2,(H,15,16). The second-order valence-electron chi connectivity index (χ2n) is 12.7. The average Bonchev–Trinajstić information content (AvgIpc) is 3.73. The van der Waals surface area contributed by atoms with Gasteiger partial charge in [-0.25, -0.2) is 0 Å². The Bertz CT molecular complexity index is 2040. The quantitative estimate of drug-likeness (QED) is 0.104. The van der Waals surface area contributed by atoms with E-state index in [1.165, 1.54) is 5.56 Å². The van der Waals surface area contributed by atoms with Gasteiger partial charge in [-0.15, -0.1) is 0 Å². The maximum Gasteiger partial charge on any atom is 0.256 e. The van der Waals surface area contributed by atoms with Crippen LogP contribution in [0, 0.1) is 13.8 Å². The van der Waals surface area contributed by atoms with Crippen LogP contribution in [0.2, 0.25) is 0 Å². The third-order valence-corrected chi connectivity index (χ3v) is 8.81. The van der Waals surface area contributed by atoms with Crippen molar-refractivity contribution in [1.82, 2.24) is 15.2 Å². The molecule has 0 bridgehead atoms. The zero-order valence-electron chi connectivity index (χ0n) is 28.3. The van der Waals surface area contributed by atoms with Crippen LogP contribution < -0.4 is 16.0 Å². The number of nitrogens with zero attached hydrogens (tertiary/aromatic N) is 1. The summed E-state index contributed by atoms with van der Waals surface area (Å²) < 4.78 is 0. The van der Waals surface area contributed by atoms with Crippen molar-refractivity contribution in [3.05, 3.63) is 131 Å². The average molecular weight is 652 g/mol. The fourth-order valence-electron chi connectivity index (χ4n) is 6.27. The lowest BCUT2D eigenvalue weighted by molar-refractivity contribution is -0.115. The highest BCUT2D eigenvalue weighted by Crippen LogP contribution is 2.37. The second-order valence-corrected chi connectivity index (χ2v) is 12.7. The van der Waals surface area contributed by atoms with E-state index < -0.39 is 0 Å². The molecule has 0 saturated heterocycles. The van der Waals surface area contributed by atoms with Gasteiger partial charge in [0.1, 0.15) is 0 Å². The molecule has 49 heavy (non-hydrogen) atoms. The second kappa shape index (κ2) is 14.6. The van der Waals surface area contributed by atoms with E-state index in [0.29, 0.717) is 24.1 Å². The van der Waals surface area contributed by atoms with Crippen LogP contribution in [0.3, 0.4) is 0 Å². The Morgan fingerprint density at radius 3 is 2.08 bits per heavy atom. The Morgan fingerprint density at radius 1 is 0.796 bits per heavy atom. The summed E-state index contributed by atoms with van der Waals surface area (Å²) in [4.78, 5) is 42.2. The van der Waals surface area contributed by atoms with Crippen molar-refractivity contribution < 1.29 is 14.4 Å². The van der Waals surface area contributed by atoms with Crippen LogP contribution in [-0.4, -0.2) is 54.8 Å². The first-order valence-corrected chi connectivity index (χ1v) is 16.5. The fraction of sp³-hybridized carbons (Fsp3) is 0.195. The Labute approximate surface area is 287 Å². The van der Waals surface area contributed by atoms with E-state index in [2.05, 4.69) is 56.2 Å². The maximum absolute atomic E-state index is 12.8. The van der Waals surface area contributed by atoms with Crippen LogP contribution in [0.4, 0.5) is 11.4 Å². The van der Waals surface area contributed by atoms with Gasteiger partial charge in [0.15, 0.2) is 0 Å². The highest BCUT2D eigenvalue weighted by Gasteiger charge is 2.26. The molecule has 2 aliphatic rings. The van der Waals surface area contributed by atoms with Gasteiger partial charge in [0.25, 0.3) is 11.8 Å². The molecule has 1 aromatic heterocycles. The minimum atomic E-state index is -0.142. The normalized spacial score (nSPS) is 13.8. The van der Waals surface area contributed by atoms with Crippen molar-refractivity contribution in [3.63, 3.8) is 0 Å². The lowest BCUT2D eigenvalue weighted by atomic mass is 9.98. The van der Waals surface area contributed by atoms with Crippen LogP contribution in [0.1, 0.15) is 44.9 Å². The summed E-state index contributed by atoms with van der Waals surface area (Å²) in [6, 6.07) is 32.4. The molecule has 7 rings (SSSR count). The van der Waals surface area contributed by atoms with E-state index >= 15 is 0 Å². The van der Waals surface area contributed by atoms with E-state index in [9.17, 15) is 14.4 Å². The molecule has 8 heteroatoms. The molecule has 248 valence electrons. The van der Waals surface area contributed by atoms with Gasteiger partial charge in [-0.05, 0) is 105 Å². The number of amides is 3. The molecule has 5 aromatic rings. The number of carbonyl (C=O) groups excluding carboxylic acids is 3. The van der Waals surface area contributed by atoms with Gasteiger partial charge in [-0.1, -0.05) is 72.8 Å². The lowest BCUT2D eigenvalue weighted by Gasteiger charge is -2.10. The van der Waals surface area contributed by atoms with E-state index in [1.807, 2.05) is 101 Å². The molecule has 0 spiro atoms. The summed E-state index contributed by atoms with van der Waals surface area (Å²) in [7, 11) is 4.03. The number of rotatable bonds is 8. The number of H-pyrrole nitrogens is 1. The summed E-state index contributed by atoms with van der Waals surface area (Å²) >= 11 is 0. The van der Waals surface area contributed by atoms with E-state index in [4.69, 9.17) is 0 Å². The zero-order valence-corrected chi connectivity index (χ0v) is 28.3. The number of benzene rings is 4. The van der Waals surface area contributed by atoms with Crippen LogP contribution in [0.15, 0.2) is 97.1 Å². The van der Waals surface area contributed by atoms with Gasteiger partial charge in [0.05, 0.1) is 17.6 Å². The smallest absolute Gasteiger partial charge is 0.256 e. The van der Waals surface area contributed by atoms with Crippen LogP contribution in [0.5, 0.6) is 0 Å². The first-order valence-electron chi connectivity index (χ1n) is 16.5. The molecule has 3 heterocycles. The highest BCUT2D eigenvalue weighted by molar-refractivity contribution is 6.35. The van der Waals surface area contributed by atoms with Gasteiger partial charge in [0.2, 0.25) is 5.91 Å². The van der Waals surface area contributed by atoms with Crippen LogP contribution in [-0.2, 0) is 16.0 Å². The summed E-state index contributed by atoms with van der Waals surface area (Å²) in [5, 5.41) is 8.79. The number of aryl methyl sites for hydroxylation is 1. The topological polar surface area (TPSA) is 106 Å². The molecular weight excluding hydrogens is 610 g/mol. The van der Waals surface area contributed by atoms with Crippen molar-refractivity contribution in [2.24, 2.45) is 0 Å². The number of anilines is 2. The van der Waals surface area contributed by atoms with Gasteiger partial charge in [-0.2, -0.15) is 0 Å². The number of aromatic amines is 1. The van der Waals surface area contributed by atoms with Crippen molar-refractivity contribution in [1.29, 1.82) is 0 Å². The SMILES string of the molecule is Cc1[nH]c(C=C2C(=O)Nc3ccc(-c4ccccc4)cc32)c(C)c1C(=O)NCCCN(C)C.O=C1Cc2cc(-c3ccccc3)ccc2N1. The van der Waals surface area contributed by atoms with E-state index in [1.54, 1.807) is 0 Å². The minimum absolute atomic E-state index is 0.0835. The molecule has 3 amide bonds. The summed E-state index contributed by atoms with van der Waals surface area (Å²) in [6.07, 6.45) is 3.23. The Balaban J connectivity index is 0.000000216. The summed E-state index contributed by atoms with van der Waals surface area (Å²) in [6.45, 7) is 5.34. The maximum atomic E-state index is 12.8. The van der Waals surface area contributed by atoms with Crippen molar-refractivity contribution >= 4 is 40.7 Å². The predicted molar refractivity (Wildman–Crippen MR) is 198 cm³/mol. The van der Waals surface area contributed by atoms with Crippen molar-refractivity contribution in [2.75, 3.05) is 37.8 Å². The number of hydrogen-bond donors (Lipinski definition) is 4. The van der Waals surface area contributed by atoms with Crippen LogP contribution >= 0.6 is 0 Å². The largest absolute Gasteiger partial charge is 0.358 e. The summed E-state index contributed by atoms with van der Waals surface area (Å²) in [5.41, 5.74) is 11.8. The Hall–Kier alpha value is -5.73. The third-order valence-electron chi connectivity index (χ3n) is 8.81. The number of fused-ring (bicyclic) bond motifs is 2. The summed E-state index contributed by atoms with van der Waals surface area (Å²) in [5.74, 6) is -0.149.